The largest absolute Gasteiger partial charge is 0.518 e. The Morgan fingerprint density at radius 2 is 1.92 bits per heavy atom. The van der Waals surface area contributed by atoms with Crippen molar-refractivity contribution in [1.29, 1.82) is 0 Å². The molecular weight excluding hydrogens is 476 g/mol. The summed E-state index contributed by atoms with van der Waals surface area (Å²) in [7, 11) is 0. The number of ether oxygens (including phenoxy) is 1. The van der Waals surface area contributed by atoms with E-state index < -0.39 is 11.8 Å². The van der Waals surface area contributed by atoms with Gasteiger partial charge in [0, 0.05) is 18.5 Å². The van der Waals surface area contributed by atoms with E-state index in [0.717, 1.165) is 53.6 Å². The summed E-state index contributed by atoms with van der Waals surface area (Å²) >= 11 is 0. The zero-order valence-electron chi connectivity index (χ0n) is 20.1. The van der Waals surface area contributed by atoms with Crippen LogP contribution in [0, 0.1) is 0 Å². The number of aromatic nitrogens is 6. The Bertz CT molecular complexity index is 1530. The van der Waals surface area contributed by atoms with Crippen LogP contribution < -0.4 is 5.82 Å². The number of tetrazole rings is 1. The van der Waals surface area contributed by atoms with Crippen LogP contribution in [0.5, 0.6) is 0 Å². The highest BCUT2D eigenvalue weighted by molar-refractivity contribution is 5.87. The number of benzene rings is 2. The van der Waals surface area contributed by atoms with Gasteiger partial charge in [-0.3, -0.25) is 0 Å². The third-order valence-corrected chi connectivity index (χ3v) is 5.87. The van der Waals surface area contributed by atoms with Crippen molar-refractivity contribution in [1.82, 2.24) is 30.2 Å². The normalized spacial score (nSPS) is 11.1. The molecule has 0 saturated heterocycles. The fourth-order valence-corrected chi connectivity index (χ4v) is 4.01. The first-order valence-electron chi connectivity index (χ1n) is 11.8. The van der Waals surface area contributed by atoms with Crippen LogP contribution >= 0.6 is 0 Å². The van der Waals surface area contributed by atoms with Crippen LogP contribution in [0.2, 0.25) is 0 Å². The third-order valence-electron chi connectivity index (χ3n) is 5.87. The number of nitrogens with one attached hydrogen (secondary N) is 1. The number of carbonyl (C=O) groups excluding carboxylic acids is 1. The van der Waals surface area contributed by atoms with Crippen LogP contribution in [0.25, 0.3) is 22.5 Å². The summed E-state index contributed by atoms with van der Waals surface area (Å²) in [6.07, 6.45) is 5.32. The molecule has 11 heteroatoms. The zero-order chi connectivity index (χ0) is 25.6. The average molecular weight is 501 g/mol. The molecule has 0 aliphatic rings. The molecule has 0 bridgehead atoms. The molecular formula is C26H24N6O5. The SMILES string of the molecule is CCCCc1ncc(C(=O)OCc2coc(=O)o2)n1Cc1ccc(-c2ccccc2-c2nn[nH]n2)cc1. The molecule has 0 amide bonds. The molecule has 3 heterocycles. The topological polar surface area (TPSA) is 142 Å². The van der Waals surface area contributed by atoms with Crippen molar-refractivity contribution in [3.63, 3.8) is 0 Å². The first-order chi connectivity index (χ1) is 18.1. The minimum atomic E-state index is -0.846. The molecule has 3 aromatic heterocycles. The van der Waals surface area contributed by atoms with E-state index in [1.54, 1.807) is 0 Å². The van der Waals surface area contributed by atoms with Crippen LogP contribution in [0.3, 0.4) is 0 Å². The van der Waals surface area contributed by atoms with E-state index in [0.29, 0.717) is 18.1 Å². The van der Waals surface area contributed by atoms with Gasteiger partial charge in [0.05, 0.1) is 6.20 Å². The predicted octanol–water partition coefficient (Wildman–Crippen LogP) is 4.02. The zero-order valence-corrected chi connectivity index (χ0v) is 20.1. The Hall–Kier alpha value is -4.80. The van der Waals surface area contributed by atoms with Crippen molar-refractivity contribution in [3.8, 4) is 22.5 Å². The summed E-state index contributed by atoms with van der Waals surface area (Å²) < 4.78 is 16.6. The van der Waals surface area contributed by atoms with E-state index in [9.17, 15) is 9.59 Å². The standard InChI is InChI=1S/C26H24N6O5/c1-2-3-8-23-27-13-22(25(33)35-15-19-16-36-26(34)37-19)32(23)14-17-9-11-18(12-10-17)20-6-4-5-7-21(20)24-28-30-31-29-24/h4-7,9-13,16H,2-3,8,14-15H2,1H3,(H,28,29,30,31). The summed E-state index contributed by atoms with van der Waals surface area (Å²) in [6, 6.07) is 15.9. The van der Waals surface area contributed by atoms with Crippen LogP contribution in [-0.2, 0) is 24.3 Å². The maximum absolute atomic E-state index is 12.9. The maximum atomic E-state index is 12.9. The summed E-state index contributed by atoms with van der Waals surface area (Å²) in [6.45, 7) is 2.33. The molecule has 1 N–H and O–H groups in total. The Morgan fingerprint density at radius 3 is 2.62 bits per heavy atom. The lowest BCUT2D eigenvalue weighted by Crippen LogP contribution is -2.15. The summed E-state index contributed by atoms with van der Waals surface area (Å²) in [4.78, 5) is 28.4. The highest BCUT2D eigenvalue weighted by Gasteiger charge is 2.19. The molecule has 0 aliphatic heterocycles. The number of H-pyrrole nitrogens is 1. The number of aromatic amines is 1. The van der Waals surface area contributed by atoms with Gasteiger partial charge in [0.2, 0.25) is 5.82 Å². The third kappa shape index (κ3) is 5.40. The van der Waals surface area contributed by atoms with E-state index >= 15 is 0 Å². The number of rotatable bonds is 10. The number of imidazole rings is 1. The first kappa shape index (κ1) is 23.9. The molecule has 0 radical (unpaired) electrons. The van der Waals surface area contributed by atoms with Crippen LogP contribution in [-0.4, -0.2) is 36.1 Å². The van der Waals surface area contributed by atoms with Crippen molar-refractivity contribution in [2.75, 3.05) is 0 Å². The molecule has 2 aromatic carbocycles. The number of hydrogen-bond acceptors (Lipinski definition) is 9. The van der Waals surface area contributed by atoms with Crippen molar-refractivity contribution >= 4 is 5.97 Å². The summed E-state index contributed by atoms with van der Waals surface area (Å²) in [5, 5.41) is 14.4. The quantitative estimate of drug-likeness (QED) is 0.281. The van der Waals surface area contributed by atoms with Gasteiger partial charge in [-0.1, -0.05) is 61.9 Å². The Balaban J connectivity index is 1.38. The van der Waals surface area contributed by atoms with Crippen molar-refractivity contribution < 1.29 is 18.4 Å². The lowest BCUT2D eigenvalue weighted by Gasteiger charge is -2.13. The number of unbranched alkanes of at least 4 members (excludes halogenated alkanes) is 1. The van der Waals surface area contributed by atoms with E-state index in [1.807, 2.05) is 53.1 Å². The summed E-state index contributed by atoms with van der Waals surface area (Å²) in [5.41, 5.74) is 4.17. The lowest BCUT2D eigenvalue weighted by atomic mass is 9.98. The van der Waals surface area contributed by atoms with Crippen LogP contribution in [0.1, 0.15) is 47.4 Å². The van der Waals surface area contributed by atoms with Crippen molar-refractivity contribution in [2.24, 2.45) is 0 Å². The molecule has 5 rings (SSSR count). The van der Waals surface area contributed by atoms with Crippen molar-refractivity contribution in [3.05, 3.63) is 94.4 Å². The van der Waals surface area contributed by atoms with Crippen LogP contribution in [0.4, 0.5) is 0 Å². The van der Waals surface area contributed by atoms with Gasteiger partial charge in [-0.2, -0.15) is 5.21 Å². The number of esters is 1. The Labute approximate surface area is 211 Å². The van der Waals surface area contributed by atoms with E-state index in [1.165, 1.54) is 6.20 Å². The highest BCUT2D eigenvalue weighted by Crippen LogP contribution is 2.30. The average Bonchev–Trinajstić information content (AvgIpc) is 3.69. The number of hydrogen-bond donors (Lipinski definition) is 1. The monoisotopic (exact) mass is 500 g/mol. The fraction of sp³-hybridized carbons (Fsp3) is 0.231. The molecule has 0 unspecified atom stereocenters. The van der Waals surface area contributed by atoms with E-state index in [-0.39, 0.29) is 12.4 Å². The molecule has 0 fully saturated rings. The van der Waals surface area contributed by atoms with E-state index in [2.05, 4.69) is 36.9 Å². The molecule has 37 heavy (non-hydrogen) atoms. The fourth-order valence-electron chi connectivity index (χ4n) is 4.01. The predicted molar refractivity (Wildman–Crippen MR) is 131 cm³/mol. The van der Waals surface area contributed by atoms with Gasteiger partial charge in [-0.25, -0.2) is 14.6 Å². The molecule has 0 aliphatic carbocycles. The number of aryl methyl sites for hydroxylation is 1. The van der Waals surface area contributed by atoms with Gasteiger partial charge in [0.1, 0.15) is 17.8 Å². The minimum Gasteiger partial charge on any atom is -0.453 e. The smallest absolute Gasteiger partial charge is 0.453 e. The molecule has 0 saturated carbocycles. The second-order valence-electron chi connectivity index (χ2n) is 8.36. The number of carbonyl (C=O) groups is 1. The highest BCUT2D eigenvalue weighted by atomic mass is 16.6. The van der Waals surface area contributed by atoms with Gasteiger partial charge in [0.15, 0.2) is 12.4 Å². The maximum Gasteiger partial charge on any atom is 0.518 e. The van der Waals surface area contributed by atoms with E-state index in [4.69, 9.17) is 9.15 Å². The Kier molecular flexibility index (Phi) is 7.02. The molecule has 5 aromatic rings. The minimum absolute atomic E-state index is 0.132. The second-order valence-corrected chi connectivity index (χ2v) is 8.36. The van der Waals surface area contributed by atoms with Gasteiger partial charge >= 0.3 is 11.8 Å². The lowest BCUT2D eigenvalue weighted by molar-refractivity contribution is 0.0431. The van der Waals surface area contributed by atoms with Crippen molar-refractivity contribution in [2.45, 2.75) is 39.3 Å². The Morgan fingerprint density at radius 1 is 1.11 bits per heavy atom. The summed E-state index contributed by atoms with van der Waals surface area (Å²) in [5.74, 6) is 0.0463. The molecule has 188 valence electrons. The van der Waals surface area contributed by atoms with Gasteiger partial charge in [0.25, 0.3) is 0 Å². The van der Waals surface area contributed by atoms with Crippen LogP contribution in [0.15, 0.2) is 74.6 Å². The molecule has 0 atom stereocenters. The second kappa shape index (κ2) is 10.9. The van der Waals surface area contributed by atoms with Gasteiger partial charge < -0.3 is 18.1 Å². The van der Waals surface area contributed by atoms with Gasteiger partial charge in [-0.15, -0.1) is 10.2 Å². The number of nitrogens with zero attached hydrogens (tertiary/aromatic N) is 5. The molecule has 0 spiro atoms. The first-order valence-corrected chi connectivity index (χ1v) is 11.8. The molecule has 11 nitrogen and oxygen atoms in total. The van der Waals surface area contributed by atoms with Gasteiger partial charge in [-0.05, 0) is 28.3 Å².